The lowest BCUT2D eigenvalue weighted by Crippen LogP contribution is -2.37. The van der Waals surface area contributed by atoms with Crippen LogP contribution in [0.4, 0.5) is 0 Å². The molecule has 0 radical (unpaired) electrons. The molecule has 4 rings (SSSR count). The lowest BCUT2D eigenvalue weighted by Gasteiger charge is -2.27. The lowest BCUT2D eigenvalue weighted by molar-refractivity contribution is -0.133. The van der Waals surface area contributed by atoms with Gasteiger partial charge >= 0.3 is 0 Å². The molecule has 2 aromatic rings. The van der Waals surface area contributed by atoms with Gasteiger partial charge in [0.05, 0.1) is 17.9 Å². The third-order valence-electron chi connectivity index (χ3n) is 4.93. The molecule has 1 saturated heterocycles. The first-order valence-electron chi connectivity index (χ1n) is 8.51. The van der Waals surface area contributed by atoms with Gasteiger partial charge in [0.2, 0.25) is 5.91 Å². The molecule has 1 atom stereocenters. The van der Waals surface area contributed by atoms with Crippen LogP contribution >= 0.6 is 11.6 Å². The third-order valence-corrected chi connectivity index (χ3v) is 5.18. The van der Waals surface area contributed by atoms with Crippen LogP contribution in [0.15, 0.2) is 24.3 Å². The zero-order valence-electron chi connectivity index (χ0n) is 13.5. The van der Waals surface area contributed by atoms with E-state index in [1.54, 1.807) is 0 Å². The van der Waals surface area contributed by atoms with E-state index in [0.29, 0.717) is 23.9 Å². The maximum atomic E-state index is 12.5. The van der Waals surface area contributed by atoms with Crippen LogP contribution in [0.5, 0.6) is 0 Å². The second kappa shape index (κ2) is 6.57. The highest BCUT2D eigenvalue weighted by Crippen LogP contribution is 2.25. The zero-order valence-corrected chi connectivity index (χ0v) is 14.3. The second-order valence-corrected chi connectivity index (χ2v) is 7.08. The van der Waals surface area contributed by atoms with Gasteiger partial charge in [0.25, 0.3) is 0 Å². The van der Waals surface area contributed by atoms with Crippen LogP contribution < -0.4 is 5.32 Å². The van der Waals surface area contributed by atoms with Crippen LogP contribution in [0.2, 0.25) is 5.02 Å². The van der Waals surface area contributed by atoms with Crippen LogP contribution in [-0.4, -0.2) is 40.4 Å². The van der Waals surface area contributed by atoms with Crippen LogP contribution in [-0.2, 0) is 17.8 Å². The summed E-state index contributed by atoms with van der Waals surface area (Å²) in [5.41, 5.74) is 3.15. The maximum Gasteiger partial charge on any atom is 0.223 e. The van der Waals surface area contributed by atoms with Crippen molar-refractivity contribution in [1.29, 1.82) is 0 Å². The van der Waals surface area contributed by atoms with E-state index in [4.69, 9.17) is 16.6 Å². The number of imidazole rings is 1. The number of fused-ring (bicyclic) bond motifs is 1. The van der Waals surface area contributed by atoms with Gasteiger partial charge in [0, 0.05) is 30.0 Å². The minimum atomic E-state index is 0.261. The Bertz CT molecular complexity index is 734. The molecule has 5 nitrogen and oxygen atoms in total. The number of amides is 1. The van der Waals surface area contributed by atoms with E-state index in [2.05, 4.69) is 10.3 Å². The zero-order chi connectivity index (χ0) is 16.5. The molecule has 1 fully saturated rings. The smallest absolute Gasteiger partial charge is 0.223 e. The maximum absolute atomic E-state index is 12.5. The summed E-state index contributed by atoms with van der Waals surface area (Å²) in [5.74, 6) is 1.60. The van der Waals surface area contributed by atoms with Crippen molar-refractivity contribution < 1.29 is 4.79 Å². The van der Waals surface area contributed by atoms with Crippen LogP contribution in [0.1, 0.15) is 24.2 Å². The standard InChI is InChI=1S/C18H21ClN4O/c19-14-3-1-13(2-4-14)18-21-15-6-8-23(11-16(15)22-18)17(24)9-12-5-7-20-10-12/h1-4,12,20H,5-11H2,(H,21,22)/t12-/m1/s1. The lowest BCUT2D eigenvalue weighted by atomic mass is 10.0. The molecule has 24 heavy (non-hydrogen) atoms. The number of nitrogens with one attached hydrogen (secondary N) is 2. The Morgan fingerprint density at radius 3 is 2.92 bits per heavy atom. The van der Waals surface area contributed by atoms with Crippen molar-refractivity contribution in [3.8, 4) is 11.4 Å². The van der Waals surface area contributed by atoms with Gasteiger partial charge in [-0.1, -0.05) is 11.6 Å². The molecule has 1 aromatic heterocycles. The van der Waals surface area contributed by atoms with Gasteiger partial charge in [0.1, 0.15) is 5.82 Å². The SMILES string of the molecule is O=C(C[C@H]1CCNC1)N1CCc2nc(-c3ccc(Cl)cc3)[nH]c2C1. The second-order valence-electron chi connectivity index (χ2n) is 6.65. The molecule has 3 heterocycles. The highest BCUT2D eigenvalue weighted by Gasteiger charge is 2.26. The third kappa shape index (κ3) is 3.19. The van der Waals surface area contributed by atoms with E-state index in [1.165, 1.54) is 0 Å². The Labute approximate surface area is 146 Å². The van der Waals surface area contributed by atoms with Gasteiger partial charge < -0.3 is 15.2 Å². The predicted molar refractivity (Wildman–Crippen MR) is 93.7 cm³/mol. The summed E-state index contributed by atoms with van der Waals surface area (Å²) < 4.78 is 0. The van der Waals surface area contributed by atoms with E-state index in [-0.39, 0.29) is 5.91 Å². The number of carbonyl (C=O) groups excluding carboxylic acids is 1. The number of hydrogen-bond donors (Lipinski definition) is 2. The number of halogens is 1. The summed E-state index contributed by atoms with van der Waals surface area (Å²) in [5, 5.41) is 4.04. The molecule has 0 saturated carbocycles. The Kier molecular flexibility index (Phi) is 4.29. The van der Waals surface area contributed by atoms with Crippen molar-refractivity contribution in [3.63, 3.8) is 0 Å². The highest BCUT2D eigenvalue weighted by atomic mass is 35.5. The van der Waals surface area contributed by atoms with Crippen molar-refractivity contribution in [2.45, 2.75) is 25.8 Å². The minimum absolute atomic E-state index is 0.261. The number of benzene rings is 1. The number of carbonyl (C=O) groups is 1. The molecule has 2 N–H and O–H groups in total. The molecule has 6 heteroatoms. The number of H-pyrrole nitrogens is 1. The Hall–Kier alpha value is -1.85. The average Bonchev–Trinajstić information content (AvgIpc) is 3.23. The Morgan fingerprint density at radius 1 is 1.33 bits per heavy atom. The molecular weight excluding hydrogens is 324 g/mol. The van der Waals surface area contributed by atoms with E-state index in [1.807, 2.05) is 29.2 Å². The summed E-state index contributed by atoms with van der Waals surface area (Å²) in [6.07, 6.45) is 2.57. The van der Waals surface area contributed by atoms with E-state index >= 15 is 0 Å². The first-order valence-corrected chi connectivity index (χ1v) is 8.89. The van der Waals surface area contributed by atoms with Crippen molar-refractivity contribution in [1.82, 2.24) is 20.2 Å². The van der Waals surface area contributed by atoms with Crippen LogP contribution in [0.3, 0.4) is 0 Å². The molecule has 0 spiro atoms. The molecule has 0 aliphatic carbocycles. The van der Waals surface area contributed by atoms with E-state index < -0.39 is 0 Å². The van der Waals surface area contributed by atoms with Crippen LogP contribution in [0.25, 0.3) is 11.4 Å². The van der Waals surface area contributed by atoms with Crippen molar-refractivity contribution in [2.75, 3.05) is 19.6 Å². The van der Waals surface area contributed by atoms with Gasteiger partial charge in [-0.15, -0.1) is 0 Å². The van der Waals surface area contributed by atoms with Crippen molar-refractivity contribution in [3.05, 3.63) is 40.7 Å². The number of nitrogens with zero attached hydrogens (tertiary/aromatic N) is 2. The Morgan fingerprint density at radius 2 is 2.17 bits per heavy atom. The van der Waals surface area contributed by atoms with E-state index in [9.17, 15) is 4.79 Å². The van der Waals surface area contributed by atoms with E-state index in [0.717, 1.165) is 55.3 Å². The molecule has 126 valence electrons. The van der Waals surface area contributed by atoms with Crippen LogP contribution in [0, 0.1) is 5.92 Å². The Balaban J connectivity index is 1.46. The topological polar surface area (TPSA) is 61.0 Å². The fourth-order valence-corrected chi connectivity index (χ4v) is 3.64. The molecule has 1 amide bonds. The fourth-order valence-electron chi connectivity index (χ4n) is 3.52. The van der Waals surface area contributed by atoms with Gasteiger partial charge in [-0.2, -0.15) is 0 Å². The summed E-state index contributed by atoms with van der Waals surface area (Å²) in [7, 11) is 0. The summed E-state index contributed by atoms with van der Waals surface area (Å²) in [4.78, 5) is 22.6. The normalized spacial score (nSPS) is 20.2. The number of rotatable bonds is 3. The van der Waals surface area contributed by atoms with Gasteiger partial charge in [-0.3, -0.25) is 4.79 Å². The molecule has 2 aliphatic rings. The van der Waals surface area contributed by atoms with Gasteiger partial charge in [0.15, 0.2) is 0 Å². The largest absolute Gasteiger partial charge is 0.340 e. The first kappa shape index (κ1) is 15.7. The average molecular weight is 345 g/mol. The van der Waals surface area contributed by atoms with Crippen molar-refractivity contribution >= 4 is 17.5 Å². The first-order chi connectivity index (χ1) is 11.7. The number of hydrogen-bond acceptors (Lipinski definition) is 3. The molecule has 0 bridgehead atoms. The number of aromatic nitrogens is 2. The minimum Gasteiger partial charge on any atom is -0.340 e. The summed E-state index contributed by atoms with van der Waals surface area (Å²) in [6.45, 7) is 3.40. The molecular formula is C18H21ClN4O. The quantitative estimate of drug-likeness (QED) is 0.899. The monoisotopic (exact) mass is 344 g/mol. The highest BCUT2D eigenvalue weighted by molar-refractivity contribution is 6.30. The molecule has 2 aliphatic heterocycles. The summed E-state index contributed by atoms with van der Waals surface area (Å²) in [6, 6.07) is 7.65. The molecule has 1 aromatic carbocycles. The van der Waals surface area contributed by atoms with Crippen molar-refractivity contribution in [2.24, 2.45) is 5.92 Å². The molecule has 0 unspecified atom stereocenters. The number of aromatic amines is 1. The summed E-state index contributed by atoms with van der Waals surface area (Å²) >= 11 is 5.94. The van der Waals surface area contributed by atoms with Gasteiger partial charge in [-0.25, -0.2) is 4.98 Å². The fraction of sp³-hybridized carbons (Fsp3) is 0.444. The predicted octanol–water partition coefficient (Wildman–Crippen LogP) is 2.61. The van der Waals surface area contributed by atoms with Gasteiger partial charge in [-0.05, 0) is 49.7 Å².